The quantitative estimate of drug-likeness (QED) is 0.727. The van der Waals surface area contributed by atoms with Crippen LogP contribution in [0, 0.1) is 0 Å². The molecule has 2 atom stereocenters. The first kappa shape index (κ1) is 15.2. The monoisotopic (exact) mass is 260 g/mol. The normalized spacial score (nSPS) is 27.5. The number of rotatable bonds is 5. The van der Waals surface area contributed by atoms with Gasteiger partial charge in [-0.3, -0.25) is 4.84 Å². The molecule has 0 aromatic heterocycles. The summed E-state index contributed by atoms with van der Waals surface area (Å²) in [7, 11) is 0. The van der Waals surface area contributed by atoms with E-state index in [0.717, 1.165) is 0 Å². The lowest BCUT2D eigenvalue weighted by Gasteiger charge is -2.44. The Morgan fingerprint density at radius 3 is 2.61 bits per heavy atom. The first-order chi connectivity index (χ1) is 8.23. The summed E-state index contributed by atoms with van der Waals surface area (Å²) in [5.74, 6) is 0. The molecule has 0 saturated carbocycles. The molecule has 1 saturated heterocycles. The van der Waals surface area contributed by atoms with Crippen molar-refractivity contribution in [1.29, 1.82) is 0 Å². The third kappa shape index (κ3) is 4.80. The fourth-order valence-electron chi connectivity index (χ4n) is 1.35. The molecule has 6 heteroatoms. The molecule has 0 bridgehead atoms. The first-order valence-corrected chi connectivity index (χ1v) is 6.21. The maximum Gasteiger partial charge on any atom is 0.407 e. The molecule has 1 amide bonds. The summed E-state index contributed by atoms with van der Waals surface area (Å²) in [6.45, 7) is 10.8. The lowest BCUT2D eigenvalue weighted by Crippen LogP contribution is -2.65. The minimum atomic E-state index is -0.473. The number of carbonyl (C=O) groups is 1. The van der Waals surface area contributed by atoms with E-state index >= 15 is 0 Å². The molecule has 0 aliphatic carbocycles. The zero-order valence-corrected chi connectivity index (χ0v) is 11.8. The molecule has 1 fully saturated rings. The smallest absolute Gasteiger partial charge is 0.407 e. The van der Waals surface area contributed by atoms with Crippen LogP contribution in [0.5, 0.6) is 0 Å². The van der Waals surface area contributed by atoms with Crippen molar-refractivity contribution in [3.8, 4) is 0 Å². The van der Waals surface area contributed by atoms with Crippen molar-refractivity contribution in [2.45, 2.75) is 51.9 Å². The topological polar surface area (TPSA) is 68.8 Å². The average molecular weight is 260 g/mol. The molecule has 0 aromatic carbocycles. The van der Waals surface area contributed by atoms with Gasteiger partial charge in [0.1, 0.15) is 11.2 Å². The maximum atomic E-state index is 11.3. The summed E-state index contributed by atoms with van der Waals surface area (Å²) in [5.41, 5.74) is 2.07. The number of ether oxygens (including phenoxy) is 2. The van der Waals surface area contributed by atoms with Crippen molar-refractivity contribution in [3.05, 3.63) is 0 Å². The van der Waals surface area contributed by atoms with Crippen LogP contribution in [0.3, 0.4) is 0 Å². The molecule has 1 aliphatic heterocycles. The van der Waals surface area contributed by atoms with Gasteiger partial charge in [0, 0.05) is 6.54 Å². The van der Waals surface area contributed by atoms with E-state index in [0.29, 0.717) is 19.8 Å². The Labute approximate surface area is 108 Å². The lowest BCUT2D eigenvalue weighted by atomic mass is 9.97. The SMILES string of the molecule is CC1NOC1(C)COCCNC(=O)OC(C)(C)C. The van der Waals surface area contributed by atoms with Gasteiger partial charge in [0.2, 0.25) is 0 Å². The number of carbonyl (C=O) groups excluding carboxylic acids is 1. The number of nitrogens with one attached hydrogen (secondary N) is 2. The van der Waals surface area contributed by atoms with Crippen LogP contribution in [-0.2, 0) is 14.3 Å². The highest BCUT2D eigenvalue weighted by Crippen LogP contribution is 2.23. The van der Waals surface area contributed by atoms with E-state index in [1.165, 1.54) is 0 Å². The van der Waals surface area contributed by atoms with E-state index in [4.69, 9.17) is 14.3 Å². The summed E-state index contributed by atoms with van der Waals surface area (Å²) >= 11 is 0. The van der Waals surface area contributed by atoms with Crippen LogP contribution in [0.2, 0.25) is 0 Å². The Balaban J connectivity index is 2.04. The molecule has 1 rings (SSSR count). The number of amides is 1. The fourth-order valence-corrected chi connectivity index (χ4v) is 1.35. The van der Waals surface area contributed by atoms with E-state index in [9.17, 15) is 4.79 Å². The van der Waals surface area contributed by atoms with Gasteiger partial charge in [-0.1, -0.05) is 0 Å². The number of hydrogen-bond acceptors (Lipinski definition) is 5. The van der Waals surface area contributed by atoms with Crippen molar-refractivity contribution < 1.29 is 19.1 Å². The van der Waals surface area contributed by atoms with Crippen LogP contribution in [0.15, 0.2) is 0 Å². The molecule has 106 valence electrons. The van der Waals surface area contributed by atoms with Gasteiger partial charge in [-0.15, -0.1) is 0 Å². The van der Waals surface area contributed by atoms with Gasteiger partial charge in [0.25, 0.3) is 0 Å². The van der Waals surface area contributed by atoms with Crippen molar-refractivity contribution >= 4 is 6.09 Å². The highest BCUT2D eigenvalue weighted by molar-refractivity contribution is 5.67. The van der Waals surface area contributed by atoms with Gasteiger partial charge < -0.3 is 14.8 Å². The Morgan fingerprint density at radius 2 is 2.17 bits per heavy atom. The number of hydroxylamine groups is 1. The number of alkyl carbamates (subject to hydrolysis) is 1. The average Bonchev–Trinajstić information content (AvgIpc) is 2.24. The second-order valence-electron chi connectivity index (χ2n) is 5.74. The Bertz CT molecular complexity index is 290. The summed E-state index contributed by atoms with van der Waals surface area (Å²) in [6.07, 6.45) is -0.424. The van der Waals surface area contributed by atoms with Crippen LogP contribution in [0.25, 0.3) is 0 Å². The lowest BCUT2D eigenvalue weighted by molar-refractivity contribution is -0.252. The molecule has 0 aromatic rings. The predicted octanol–water partition coefficient (Wildman–Crippen LogP) is 1.21. The summed E-state index contributed by atoms with van der Waals surface area (Å²) in [5, 5.41) is 2.63. The van der Waals surface area contributed by atoms with Gasteiger partial charge >= 0.3 is 6.09 Å². The van der Waals surface area contributed by atoms with Gasteiger partial charge in [0.05, 0.1) is 19.3 Å². The molecule has 1 aliphatic rings. The van der Waals surface area contributed by atoms with Crippen molar-refractivity contribution in [1.82, 2.24) is 10.8 Å². The maximum absolute atomic E-state index is 11.3. The van der Waals surface area contributed by atoms with Crippen LogP contribution >= 0.6 is 0 Å². The molecule has 0 spiro atoms. The summed E-state index contributed by atoms with van der Waals surface area (Å²) < 4.78 is 10.6. The van der Waals surface area contributed by atoms with E-state index in [-0.39, 0.29) is 11.6 Å². The Hall–Kier alpha value is -0.850. The molecule has 0 radical (unpaired) electrons. The largest absolute Gasteiger partial charge is 0.444 e. The van der Waals surface area contributed by atoms with Crippen LogP contribution < -0.4 is 10.8 Å². The van der Waals surface area contributed by atoms with Gasteiger partial charge in [-0.05, 0) is 34.6 Å². The Morgan fingerprint density at radius 1 is 1.50 bits per heavy atom. The van der Waals surface area contributed by atoms with Gasteiger partial charge in [-0.2, -0.15) is 5.48 Å². The standard InChI is InChI=1S/C12H24N2O4/c1-9-12(5,18-14-9)8-16-7-6-13-10(15)17-11(2,3)4/h9,14H,6-8H2,1-5H3,(H,13,15). The second kappa shape index (κ2) is 5.86. The van der Waals surface area contributed by atoms with Crippen LogP contribution in [0.1, 0.15) is 34.6 Å². The zero-order chi connectivity index (χ0) is 13.8. The van der Waals surface area contributed by atoms with E-state index in [2.05, 4.69) is 10.8 Å². The number of hydrogen-bond donors (Lipinski definition) is 2. The molecule has 2 N–H and O–H groups in total. The minimum absolute atomic E-state index is 0.272. The van der Waals surface area contributed by atoms with Gasteiger partial charge in [-0.25, -0.2) is 4.79 Å². The fraction of sp³-hybridized carbons (Fsp3) is 0.917. The third-order valence-electron chi connectivity index (χ3n) is 2.69. The van der Waals surface area contributed by atoms with Crippen molar-refractivity contribution in [3.63, 3.8) is 0 Å². The molecule has 18 heavy (non-hydrogen) atoms. The molecule has 6 nitrogen and oxygen atoms in total. The van der Waals surface area contributed by atoms with Crippen LogP contribution in [-0.4, -0.2) is 43.1 Å². The highest BCUT2D eigenvalue weighted by Gasteiger charge is 2.41. The van der Waals surface area contributed by atoms with E-state index < -0.39 is 11.7 Å². The molecule has 2 unspecified atom stereocenters. The van der Waals surface area contributed by atoms with Crippen molar-refractivity contribution in [2.75, 3.05) is 19.8 Å². The predicted molar refractivity (Wildman–Crippen MR) is 67.1 cm³/mol. The van der Waals surface area contributed by atoms with Crippen LogP contribution in [0.4, 0.5) is 4.79 Å². The first-order valence-electron chi connectivity index (χ1n) is 6.21. The summed E-state index contributed by atoms with van der Waals surface area (Å²) in [6, 6.07) is 0.274. The summed E-state index contributed by atoms with van der Waals surface area (Å²) in [4.78, 5) is 16.6. The van der Waals surface area contributed by atoms with Crippen molar-refractivity contribution in [2.24, 2.45) is 0 Å². The molecule has 1 heterocycles. The molecular weight excluding hydrogens is 236 g/mol. The highest BCUT2D eigenvalue weighted by atomic mass is 16.7. The van der Waals surface area contributed by atoms with E-state index in [1.54, 1.807) is 0 Å². The minimum Gasteiger partial charge on any atom is -0.444 e. The Kier molecular flexibility index (Phi) is 4.95. The van der Waals surface area contributed by atoms with Gasteiger partial charge in [0.15, 0.2) is 0 Å². The zero-order valence-electron chi connectivity index (χ0n) is 11.8. The second-order valence-corrected chi connectivity index (χ2v) is 5.74. The third-order valence-corrected chi connectivity index (χ3v) is 2.69. The molecular formula is C12H24N2O4. The van der Waals surface area contributed by atoms with E-state index in [1.807, 2.05) is 34.6 Å².